The molecule has 0 spiro atoms. The van der Waals surface area contributed by atoms with E-state index in [2.05, 4.69) is 48.0 Å². The molecule has 4 nitrogen and oxygen atoms in total. The smallest absolute Gasteiger partial charge is 0.191 e. The van der Waals surface area contributed by atoms with Crippen molar-refractivity contribution in [3.8, 4) is 0 Å². The average Bonchev–Trinajstić information content (AvgIpc) is 2.49. The lowest BCUT2D eigenvalue weighted by molar-refractivity contribution is 0.0674. The zero-order chi connectivity index (χ0) is 14.4. The summed E-state index contributed by atoms with van der Waals surface area (Å²) in [6, 6.07) is 10.6. The molecule has 0 bridgehead atoms. The molecule has 2 N–H and O–H groups in total. The number of ether oxygens (including phenoxy) is 1. The number of nitrogens with two attached hydrogens (primary N) is 1. The van der Waals surface area contributed by atoms with Gasteiger partial charge in [-0.1, -0.05) is 44.2 Å². The second kappa shape index (κ2) is 9.25. The molecule has 0 aromatic heterocycles. The summed E-state index contributed by atoms with van der Waals surface area (Å²) in [5, 5.41) is 0. The molecule has 1 unspecified atom stereocenters. The maximum Gasteiger partial charge on any atom is 0.191 e. The van der Waals surface area contributed by atoms with Crippen LogP contribution in [0.15, 0.2) is 35.3 Å². The van der Waals surface area contributed by atoms with Gasteiger partial charge in [-0.05, 0) is 11.5 Å². The van der Waals surface area contributed by atoms with Gasteiger partial charge in [0.2, 0.25) is 0 Å². The van der Waals surface area contributed by atoms with Crippen molar-refractivity contribution in [3.05, 3.63) is 35.9 Å². The molecule has 1 aliphatic heterocycles. The fourth-order valence-electron chi connectivity index (χ4n) is 2.49. The molecule has 1 saturated heterocycles. The number of nitrogens with zero attached hydrogens (tertiary/aromatic N) is 2. The van der Waals surface area contributed by atoms with Crippen molar-refractivity contribution in [2.24, 2.45) is 16.6 Å². The van der Waals surface area contributed by atoms with Crippen LogP contribution in [0.1, 0.15) is 25.3 Å². The number of halogens is 1. The molecule has 1 aromatic carbocycles. The van der Waals surface area contributed by atoms with Crippen molar-refractivity contribution in [3.63, 3.8) is 0 Å². The minimum absolute atomic E-state index is 0. The Kier molecular flexibility index (Phi) is 8.03. The Labute approximate surface area is 144 Å². The third kappa shape index (κ3) is 5.47. The van der Waals surface area contributed by atoms with Crippen molar-refractivity contribution < 1.29 is 4.74 Å². The molecule has 1 aromatic rings. The molecule has 2 rings (SSSR count). The minimum atomic E-state index is 0. The molecule has 1 fully saturated rings. The molecule has 0 saturated carbocycles. The Morgan fingerprint density at radius 1 is 1.24 bits per heavy atom. The van der Waals surface area contributed by atoms with Gasteiger partial charge in [0.1, 0.15) is 0 Å². The summed E-state index contributed by atoms with van der Waals surface area (Å²) < 4.78 is 5.33. The monoisotopic (exact) mass is 403 g/mol. The Morgan fingerprint density at radius 2 is 1.86 bits per heavy atom. The highest BCUT2D eigenvalue weighted by Gasteiger charge is 2.17. The van der Waals surface area contributed by atoms with Crippen LogP contribution in [0.2, 0.25) is 0 Å². The maximum absolute atomic E-state index is 6.10. The molecule has 21 heavy (non-hydrogen) atoms. The first-order valence-electron chi connectivity index (χ1n) is 7.36. The molecule has 1 atom stereocenters. The zero-order valence-electron chi connectivity index (χ0n) is 12.9. The third-order valence-corrected chi connectivity index (χ3v) is 3.82. The lowest BCUT2D eigenvalue weighted by Gasteiger charge is -2.28. The predicted molar refractivity (Wildman–Crippen MR) is 98.3 cm³/mol. The number of hydrogen-bond acceptors (Lipinski definition) is 2. The van der Waals surface area contributed by atoms with Crippen molar-refractivity contribution >= 4 is 29.9 Å². The van der Waals surface area contributed by atoms with Crippen molar-refractivity contribution in [1.82, 2.24) is 4.90 Å². The lowest BCUT2D eigenvalue weighted by Crippen LogP contribution is -2.45. The van der Waals surface area contributed by atoms with E-state index in [0.717, 1.165) is 32.8 Å². The van der Waals surface area contributed by atoms with Crippen LogP contribution in [0, 0.1) is 5.92 Å². The number of guanidine groups is 1. The summed E-state index contributed by atoms with van der Waals surface area (Å²) in [5.74, 6) is 1.60. The van der Waals surface area contributed by atoms with E-state index in [-0.39, 0.29) is 24.0 Å². The molecule has 1 heterocycles. The third-order valence-electron chi connectivity index (χ3n) is 3.82. The van der Waals surface area contributed by atoms with Crippen LogP contribution >= 0.6 is 24.0 Å². The second-order valence-electron chi connectivity index (χ2n) is 5.56. The summed E-state index contributed by atoms with van der Waals surface area (Å²) in [4.78, 5) is 6.71. The van der Waals surface area contributed by atoms with E-state index in [9.17, 15) is 0 Å². The van der Waals surface area contributed by atoms with Crippen molar-refractivity contribution in [2.45, 2.75) is 19.8 Å². The van der Waals surface area contributed by atoms with Gasteiger partial charge in [0, 0.05) is 25.6 Å². The second-order valence-corrected chi connectivity index (χ2v) is 5.56. The molecule has 5 heteroatoms. The number of morpholine rings is 1. The first-order chi connectivity index (χ1) is 9.68. The Morgan fingerprint density at radius 3 is 2.43 bits per heavy atom. The number of hydrogen-bond donors (Lipinski definition) is 1. The number of rotatable bonds is 4. The largest absolute Gasteiger partial charge is 0.378 e. The van der Waals surface area contributed by atoms with Crippen LogP contribution in [-0.4, -0.2) is 43.7 Å². The van der Waals surface area contributed by atoms with E-state index in [1.54, 1.807) is 0 Å². The molecule has 1 aliphatic rings. The van der Waals surface area contributed by atoms with Crippen LogP contribution in [0.5, 0.6) is 0 Å². The first kappa shape index (κ1) is 18.2. The molecular weight excluding hydrogens is 377 g/mol. The van der Waals surface area contributed by atoms with Gasteiger partial charge in [0.15, 0.2) is 5.96 Å². The van der Waals surface area contributed by atoms with E-state index >= 15 is 0 Å². The maximum atomic E-state index is 6.10. The van der Waals surface area contributed by atoms with Gasteiger partial charge in [-0.15, -0.1) is 24.0 Å². The Hall–Kier alpha value is -0.820. The Bertz CT molecular complexity index is 430. The van der Waals surface area contributed by atoms with Crippen LogP contribution in [0.25, 0.3) is 0 Å². The topological polar surface area (TPSA) is 50.8 Å². The van der Waals surface area contributed by atoms with Gasteiger partial charge in [0.25, 0.3) is 0 Å². The molecule has 0 amide bonds. The normalized spacial score (nSPS) is 17.5. The van der Waals surface area contributed by atoms with Crippen LogP contribution in [0.4, 0.5) is 0 Å². The van der Waals surface area contributed by atoms with E-state index in [0.29, 0.717) is 17.8 Å². The SMILES string of the molecule is CC(C)C(CN=C(N)N1CCOCC1)c1ccccc1.I. The fourth-order valence-corrected chi connectivity index (χ4v) is 2.49. The quantitative estimate of drug-likeness (QED) is 0.478. The minimum Gasteiger partial charge on any atom is -0.378 e. The van der Waals surface area contributed by atoms with E-state index in [1.165, 1.54) is 5.56 Å². The average molecular weight is 403 g/mol. The number of benzene rings is 1. The highest BCUT2D eigenvalue weighted by atomic mass is 127. The zero-order valence-corrected chi connectivity index (χ0v) is 15.2. The molecule has 0 radical (unpaired) electrons. The fraction of sp³-hybridized carbons (Fsp3) is 0.562. The van der Waals surface area contributed by atoms with Gasteiger partial charge in [0.05, 0.1) is 13.2 Å². The van der Waals surface area contributed by atoms with Gasteiger partial charge < -0.3 is 15.4 Å². The van der Waals surface area contributed by atoms with E-state index in [4.69, 9.17) is 10.5 Å². The standard InChI is InChI=1S/C16H25N3O.HI/c1-13(2)15(14-6-4-3-5-7-14)12-18-16(17)19-8-10-20-11-9-19;/h3-7,13,15H,8-12H2,1-2H3,(H2,17,18);1H. The summed E-state index contributed by atoms with van der Waals surface area (Å²) in [5.41, 5.74) is 7.43. The van der Waals surface area contributed by atoms with Gasteiger partial charge in [-0.2, -0.15) is 0 Å². The van der Waals surface area contributed by atoms with Gasteiger partial charge in [-0.25, -0.2) is 0 Å². The molecular formula is C16H26IN3O. The lowest BCUT2D eigenvalue weighted by atomic mass is 9.88. The summed E-state index contributed by atoms with van der Waals surface area (Å²) >= 11 is 0. The van der Waals surface area contributed by atoms with Crippen LogP contribution < -0.4 is 5.73 Å². The predicted octanol–water partition coefficient (Wildman–Crippen LogP) is 2.69. The molecule has 118 valence electrons. The van der Waals surface area contributed by atoms with Crippen LogP contribution in [-0.2, 0) is 4.74 Å². The van der Waals surface area contributed by atoms with Crippen molar-refractivity contribution in [1.29, 1.82) is 0 Å². The summed E-state index contributed by atoms with van der Waals surface area (Å²) in [6.45, 7) is 8.37. The first-order valence-corrected chi connectivity index (χ1v) is 7.36. The molecule has 0 aliphatic carbocycles. The Balaban J connectivity index is 0.00000220. The van der Waals surface area contributed by atoms with E-state index < -0.39 is 0 Å². The van der Waals surface area contributed by atoms with E-state index in [1.807, 2.05) is 6.07 Å². The van der Waals surface area contributed by atoms with Gasteiger partial charge >= 0.3 is 0 Å². The highest BCUT2D eigenvalue weighted by Crippen LogP contribution is 2.24. The number of aliphatic imine (C=N–C) groups is 1. The van der Waals surface area contributed by atoms with Crippen molar-refractivity contribution in [2.75, 3.05) is 32.8 Å². The summed E-state index contributed by atoms with van der Waals surface area (Å²) in [6.07, 6.45) is 0. The van der Waals surface area contributed by atoms with Gasteiger partial charge in [-0.3, -0.25) is 4.99 Å². The summed E-state index contributed by atoms with van der Waals surface area (Å²) in [7, 11) is 0. The highest BCUT2D eigenvalue weighted by molar-refractivity contribution is 14.0. The van der Waals surface area contributed by atoms with Crippen LogP contribution in [0.3, 0.4) is 0 Å².